The van der Waals surface area contributed by atoms with Crippen molar-refractivity contribution in [2.75, 3.05) is 46.3 Å². The fourth-order valence-electron chi connectivity index (χ4n) is 2.95. The van der Waals surface area contributed by atoms with Gasteiger partial charge in [-0.05, 0) is 50.1 Å². The second-order valence-electron chi connectivity index (χ2n) is 6.38. The molecule has 118 valence electrons. The van der Waals surface area contributed by atoms with E-state index in [1.54, 1.807) is 0 Å². The van der Waals surface area contributed by atoms with Crippen LogP contribution >= 0.6 is 0 Å². The van der Waals surface area contributed by atoms with E-state index < -0.39 is 0 Å². The lowest BCUT2D eigenvalue weighted by Gasteiger charge is -2.20. The Hall–Kier alpha value is -0.900. The molecule has 1 aliphatic heterocycles. The fraction of sp³-hybridized carbons (Fsp3) is 0.667. The fourth-order valence-corrected chi connectivity index (χ4v) is 2.95. The summed E-state index contributed by atoms with van der Waals surface area (Å²) in [5.41, 5.74) is 2.88. The zero-order chi connectivity index (χ0) is 15.1. The Bertz CT molecular complexity index is 401. The summed E-state index contributed by atoms with van der Waals surface area (Å²) in [6.45, 7) is 12.5. The Morgan fingerprint density at radius 2 is 1.86 bits per heavy atom. The van der Waals surface area contributed by atoms with Gasteiger partial charge < -0.3 is 10.2 Å². The van der Waals surface area contributed by atoms with E-state index in [2.05, 4.69) is 60.3 Å². The quantitative estimate of drug-likeness (QED) is 0.868. The van der Waals surface area contributed by atoms with Gasteiger partial charge in [0.2, 0.25) is 0 Å². The van der Waals surface area contributed by atoms with Crippen molar-refractivity contribution in [3.05, 3.63) is 35.4 Å². The van der Waals surface area contributed by atoms with Crippen LogP contribution in [0.1, 0.15) is 37.3 Å². The first-order chi connectivity index (χ1) is 10.2. The Labute approximate surface area is 130 Å². The largest absolute Gasteiger partial charge is 0.316 e. The Morgan fingerprint density at radius 1 is 1.10 bits per heavy atom. The van der Waals surface area contributed by atoms with E-state index in [1.807, 2.05) is 0 Å². The molecule has 0 spiro atoms. The van der Waals surface area contributed by atoms with Gasteiger partial charge in [-0.1, -0.05) is 38.1 Å². The van der Waals surface area contributed by atoms with Crippen LogP contribution in [0.3, 0.4) is 0 Å². The smallest absolute Gasteiger partial charge is 0.0234 e. The van der Waals surface area contributed by atoms with Crippen molar-refractivity contribution >= 4 is 0 Å². The van der Waals surface area contributed by atoms with E-state index in [9.17, 15) is 0 Å². The molecule has 0 radical (unpaired) electrons. The van der Waals surface area contributed by atoms with Gasteiger partial charge in [0.05, 0.1) is 0 Å². The number of benzene rings is 1. The van der Waals surface area contributed by atoms with Crippen LogP contribution in [0.25, 0.3) is 0 Å². The summed E-state index contributed by atoms with van der Waals surface area (Å²) in [5.74, 6) is 0.589. The molecule has 1 aromatic rings. The van der Waals surface area contributed by atoms with Crippen molar-refractivity contribution in [1.29, 1.82) is 0 Å². The van der Waals surface area contributed by atoms with Crippen LogP contribution < -0.4 is 5.32 Å². The minimum atomic E-state index is 0.589. The summed E-state index contributed by atoms with van der Waals surface area (Å²) in [6.07, 6.45) is 1.29. The number of hydrogen-bond donors (Lipinski definition) is 1. The lowest BCUT2D eigenvalue weighted by molar-refractivity contribution is 0.269. The molecule has 1 aliphatic rings. The van der Waals surface area contributed by atoms with Crippen LogP contribution in [0.4, 0.5) is 0 Å². The normalized spacial score (nSPS) is 19.4. The van der Waals surface area contributed by atoms with Crippen LogP contribution in [0.5, 0.6) is 0 Å². The van der Waals surface area contributed by atoms with Crippen molar-refractivity contribution in [2.24, 2.45) is 0 Å². The van der Waals surface area contributed by atoms with Gasteiger partial charge in [0.1, 0.15) is 0 Å². The minimum absolute atomic E-state index is 0.589. The highest BCUT2D eigenvalue weighted by Crippen LogP contribution is 2.16. The molecule has 1 atom stereocenters. The Kier molecular flexibility index (Phi) is 6.68. The molecule has 0 saturated carbocycles. The lowest BCUT2D eigenvalue weighted by atomic mass is 9.99. The zero-order valence-electron chi connectivity index (χ0n) is 13.9. The highest BCUT2D eigenvalue weighted by molar-refractivity contribution is 5.25. The van der Waals surface area contributed by atoms with Gasteiger partial charge in [0, 0.05) is 26.2 Å². The topological polar surface area (TPSA) is 18.5 Å². The maximum atomic E-state index is 3.43. The summed E-state index contributed by atoms with van der Waals surface area (Å²) in [4.78, 5) is 5.02. The lowest BCUT2D eigenvalue weighted by Crippen LogP contribution is -2.28. The summed E-state index contributed by atoms with van der Waals surface area (Å²) >= 11 is 0. The maximum Gasteiger partial charge on any atom is 0.0234 e. The highest BCUT2D eigenvalue weighted by atomic mass is 15.2. The molecule has 0 aromatic heterocycles. The summed E-state index contributed by atoms with van der Waals surface area (Å²) < 4.78 is 0. The molecule has 1 heterocycles. The van der Waals surface area contributed by atoms with Gasteiger partial charge in [-0.2, -0.15) is 0 Å². The van der Waals surface area contributed by atoms with Gasteiger partial charge in [0.25, 0.3) is 0 Å². The number of nitrogens with zero attached hydrogens (tertiary/aromatic N) is 2. The first-order valence-corrected chi connectivity index (χ1v) is 8.39. The predicted molar refractivity (Wildman–Crippen MR) is 90.8 cm³/mol. The van der Waals surface area contributed by atoms with Crippen LogP contribution in [0, 0.1) is 0 Å². The van der Waals surface area contributed by atoms with Gasteiger partial charge >= 0.3 is 0 Å². The van der Waals surface area contributed by atoms with E-state index in [-0.39, 0.29) is 0 Å². The first kappa shape index (κ1) is 16.5. The highest BCUT2D eigenvalue weighted by Gasteiger charge is 2.12. The Balaban J connectivity index is 1.86. The summed E-state index contributed by atoms with van der Waals surface area (Å²) in [6, 6.07) is 9.24. The average Bonchev–Trinajstić information content (AvgIpc) is 2.70. The third-order valence-corrected chi connectivity index (χ3v) is 4.47. The molecule has 1 aromatic carbocycles. The molecule has 3 nitrogen and oxygen atoms in total. The summed E-state index contributed by atoms with van der Waals surface area (Å²) in [7, 11) is 2.23. The second-order valence-corrected chi connectivity index (χ2v) is 6.38. The number of hydrogen-bond acceptors (Lipinski definition) is 3. The third kappa shape index (κ3) is 5.42. The van der Waals surface area contributed by atoms with E-state index >= 15 is 0 Å². The number of nitrogens with one attached hydrogen (secondary N) is 1. The van der Waals surface area contributed by atoms with E-state index in [0.717, 1.165) is 19.6 Å². The van der Waals surface area contributed by atoms with Crippen molar-refractivity contribution in [3.63, 3.8) is 0 Å². The SMILES string of the molecule is CCNCC(C)c1ccc(CN2CCCN(C)CC2)cc1. The molecule has 1 fully saturated rings. The van der Waals surface area contributed by atoms with Crippen molar-refractivity contribution in [3.8, 4) is 0 Å². The molecule has 0 bridgehead atoms. The number of likely N-dealkylation sites (N-methyl/N-ethyl adjacent to an activating group) is 2. The van der Waals surface area contributed by atoms with Gasteiger partial charge in [0.15, 0.2) is 0 Å². The molecule has 2 rings (SSSR count). The molecule has 3 heteroatoms. The van der Waals surface area contributed by atoms with Crippen LogP contribution in [-0.2, 0) is 6.54 Å². The zero-order valence-corrected chi connectivity index (χ0v) is 13.9. The monoisotopic (exact) mass is 289 g/mol. The van der Waals surface area contributed by atoms with Crippen molar-refractivity contribution < 1.29 is 0 Å². The molecule has 0 aliphatic carbocycles. The molecular weight excluding hydrogens is 258 g/mol. The van der Waals surface area contributed by atoms with Crippen molar-refractivity contribution in [2.45, 2.75) is 32.7 Å². The Morgan fingerprint density at radius 3 is 2.57 bits per heavy atom. The molecule has 1 saturated heterocycles. The van der Waals surface area contributed by atoms with Gasteiger partial charge in [-0.15, -0.1) is 0 Å². The van der Waals surface area contributed by atoms with Crippen molar-refractivity contribution in [1.82, 2.24) is 15.1 Å². The first-order valence-electron chi connectivity index (χ1n) is 8.39. The molecule has 1 N–H and O–H groups in total. The number of rotatable bonds is 6. The summed E-state index contributed by atoms with van der Waals surface area (Å²) in [5, 5.41) is 3.43. The van der Waals surface area contributed by atoms with Gasteiger partial charge in [-0.3, -0.25) is 4.90 Å². The molecule has 0 amide bonds. The molecule has 1 unspecified atom stereocenters. The average molecular weight is 289 g/mol. The molecule has 21 heavy (non-hydrogen) atoms. The van der Waals surface area contributed by atoms with E-state index in [0.29, 0.717) is 5.92 Å². The predicted octanol–water partition coefficient (Wildman–Crippen LogP) is 2.54. The van der Waals surface area contributed by atoms with E-state index in [4.69, 9.17) is 0 Å². The second kappa shape index (κ2) is 8.52. The van der Waals surface area contributed by atoms with E-state index in [1.165, 1.54) is 43.7 Å². The van der Waals surface area contributed by atoms with Crippen LogP contribution in [0.15, 0.2) is 24.3 Å². The molecular formula is C18H31N3. The minimum Gasteiger partial charge on any atom is -0.316 e. The van der Waals surface area contributed by atoms with Crippen LogP contribution in [0.2, 0.25) is 0 Å². The maximum absolute atomic E-state index is 3.43. The standard InChI is InChI=1S/C18H31N3/c1-4-19-14-16(2)18-8-6-17(7-9-18)15-21-11-5-10-20(3)12-13-21/h6-9,16,19H,4-5,10-15H2,1-3H3. The van der Waals surface area contributed by atoms with Crippen LogP contribution in [-0.4, -0.2) is 56.1 Å². The third-order valence-electron chi connectivity index (χ3n) is 4.47. The van der Waals surface area contributed by atoms with Gasteiger partial charge in [-0.25, -0.2) is 0 Å².